The van der Waals surface area contributed by atoms with Gasteiger partial charge in [0.1, 0.15) is 5.75 Å². The number of carbonyl (C=O) groups is 2. The highest BCUT2D eigenvalue weighted by atomic mass is 79.9. The van der Waals surface area contributed by atoms with E-state index in [1.54, 1.807) is 24.3 Å². The quantitative estimate of drug-likeness (QED) is 0.321. The summed E-state index contributed by atoms with van der Waals surface area (Å²) in [4.78, 5) is 24.0. The summed E-state index contributed by atoms with van der Waals surface area (Å²) in [6.07, 6.45) is 0. The second kappa shape index (κ2) is 9.72. The third-order valence-corrected chi connectivity index (χ3v) is 5.49. The molecule has 3 rings (SSSR count). The number of Topliss-reactive ketones (excluding diaryl/α,β-unsaturated/α-hetero) is 1. The fourth-order valence-corrected chi connectivity index (χ4v) is 3.30. The third-order valence-electron chi connectivity index (χ3n) is 4.96. The Morgan fingerprint density at radius 2 is 1.40 bits per heavy atom. The summed E-state index contributed by atoms with van der Waals surface area (Å²) in [6, 6.07) is 24.8. The smallest absolute Gasteiger partial charge is 0.344 e. The van der Waals surface area contributed by atoms with Gasteiger partial charge in [-0.05, 0) is 35.4 Å². The fraction of sp³-hybridized carbons (Fsp3) is 0.200. The van der Waals surface area contributed by atoms with E-state index >= 15 is 0 Å². The van der Waals surface area contributed by atoms with Gasteiger partial charge in [-0.15, -0.1) is 0 Å². The van der Waals surface area contributed by atoms with Gasteiger partial charge in [-0.25, -0.2) is 4.79 Å². The molecule has 0 amide bonds. The lowest BCUT2D eigenvalue weighted by atomic mass is 9.78. The van der Waals surface area contributed by atoms with Crippen molar-refractivity contribution >= 4 is 27.7 Å². The molecule has 0 atom stereocenters. The number of ether oxygens (including phenoxy) is 2. The zero-order chi connectivity index (χ0) is 21.6. The summed E-state index contributed by atoms with van der Waals surface area (Å²) < 4.78 is 11.4. The Bertz CT molecular complexity index is 994. The molecule has 0 bridgehead atoms. The molecule has 0 radical (unpaired) electrons. The third kappa shape index (κ3) is 5.57. The first-order valence-corrected chi connectivity index (χ1v) is 10.4. The lowest BCUT2D eigenvalue weighted by Crippen LogP contribution is -2.20. The van der Waals surface area contributed by atoms with Gasteiger partial charge in [-0.2, -0.15) is 0 Å². The average Bonchev–Trinajstić information content (AvgIpc) is 2.77. The van der Waals surface area contributed by atoms with E-state index in [1.807, 2.05) is 42.5 Å². The Labute approximate surface area is 185 Å². The molecule has 3 aromatic carbocycles. The van der Waals surface area contributed by atoms with Crippen molar-refractivity contribution < 1.29 is 19.1 Å². The standard InChI is InChI=1S/C25H23BrO4/c1-25(2,19-6-4-3-5-7-19)20-10-14-22(15-11-20)29-17-24(28)30-16-23(27)18-8-12-21(26)13-9-18/h3-15H,16-17H2,1-2H3. The number of hydrogen-bond donors (Lipinski definition) is 0. The molecule has 0 heterocycles. The summed E-state index contributed by atoms with van der Waals surface area (Å²) in [7, 11) is 0. The zero-order valence-corrected chi connectivity index (χ0v) is 18.5. The van der Waals surface area contributed by atoms with Crippen LogP contribution in [0.25, 0.3) is 0 Å². The molecular formula is C25H23BrO4. The maximum atomic E-state index is 12.0. The molecule has 3 aromatic rings. The van der Waals surface area contributed by atoms with Crippen LogP contribution in [-0.4, -0.2) is 25.0 Å². The lowest BCUT2D eigenvalue weighted by molar-refractivity contribution is -0.144. The van der Waals surface area contributed by atoms with Crippen LogP contribution in [0, 0.1) is 0 Å². The van der Waals surface area contributed by atoms with E-state index in [2.05, 4.69) is 41.9 Å². The Balaban J connectivity index is 1.50. The minimum absolute atomic E-state index is 0.147. The van der Waals surface area contributed by atoms with Crippen LogP contribution in [0.15, 0.2) is 83.3 Å². The van der Waals surface area contributed by atoms with Crippen molar-refractivity contribution in [3.63, 3.8) is 0 Å². The number of rotatable bonds is 8. The summed E-state index contributed by atoms with van der Waals surface area (Å²) in [5.41, 5.74) is 2.71. The van der Waals surface area contributed by atoms with Crippen LogP contribution in [0.1, 0.15) is 35.3 Å². The molecule has 0 aromatic heterocycles. The molecule has 5 heteroatoms. The van der Waals surface area contributed by atoms with Gasteiger partial charge in [-0.3, -0.25) is 4.79 Å². The van der Waals surface area contributed by atoms with Crippen LogP contribution in [0.2, 0.25) is 0 Å². The second-order valence-electron chi connectivity index (χ2n) is 7.39. The van der Waals surface area contributed by atoms with Gasteiger partial charge >= 0.3 is 5.97 Å². The topological polar surface area (TPSA) is 52.6 Å². The summed E-state index contributed by atoms with van der Waals surface area (Å²) >= 11 is 3.31. The number of benzene rings is 3. The molecular weight excluding hydrogens is 444 g/mol. The molecule has 0 aliphatic carbocycles. The summed E-state index contributed by atoms with van der Waals surface area (Å²) in [5, 5.41) is 0. The van der Waals surface area contributed by atoms with Gasteiger partial charge in [0.2, 0.25) is 0 Å². The molecule has 0 aliphatic rings. The maximum absolute atomic E-state index is 12.0. The van der Waals surface area contributed by atoms with Crippen molar-refractivity contribution in [1.29, 1.82) is 0 Å². The molecule has 0 saturated heterocycles. The van der Waals surface area contributed by atoms with Crippen LogP contribution in [0.3, 0.4) is 0 Å². The summed E-state index contributed by atoms with van der Waals surface area (Å²) in [5.74, 6) is -0.281. The minimum Gasteiger partial charge on any atom is -0.482 e. The predicted molar refractivity (Wildman–Crippen MR) is 120 cm³/mol. The van der Waals surface area contributed by atoms with E-state index in [1.165, 1.54) is 5.56 Å². The van der Waals surface area contributed by atoms with Crippen LogP contribution in [0.5, 0.6) is 5.75 Å². The number of halogens is 1. The van der Waals surface area contributed by atoms with Crippen molar-refractivity contribution in [2.24, 2.45) is 0 Å². The fourth-order valence-electron chi connectivity index (χ4n) is 3.04. The lowest BCUT2D eigenvalue weighted by Gasteiger charge is -2.26. The Kier molecular flexibility index (Phi) is 7.06. The Morgan fingerprint density at radius 1 is 0.800 bits per heavy atom. The highest BCUT2D eigenvalue weighted by molar-refractivity contribution is 9.10. The molecule has 0 N–H and O–H groups in total. The van der Waals surface area contributed by atoms with Crippen LogP contribution in [0.4, 0.5) is 0 Å². The van der Waals surface area contributed by atoms with Crippen molar-refractivity contribution in [3.8, 4) is 5.75 Å². The first-order chi connectivity index (χ1) is 14.4. The molecule has 0 aliphatic heterocycles. The minimum atomic E-state index is -0.589. The van der Waals surface area contributed by atoms with Gasteiger partial charge in [0.15, 0.2) is 19.0 Å². The Hall–Kier alpha value is -2.92. The largest absolute Gasteiger partial charge is 0.482 e. The van der Waals surface area contributed by atoms with E-state index < -0.39 is 5.97 Å². The van der Waals surface area contributed by atoms with Gasteiger partial charge in [-0.1, -0.05) is 84.4 Å². The normalized spacial score (nSPS) is 11.0. The van der Waals surface area contributed by atoms with Crippen molar-refractivity contribution in [2.75, 3.05) is 13.2 Å². The molecule has 0 fully saturated rings. The SMILES string of the molecule is CC(C)(c1ccccc1)c1ccc(OCC(=O)OCC(=O)c2ccc(Br)cc2)cc1. The molecule has 4 nitrogen and oxygen atoms in total. The van der Waals surface area contributed by atoms with Crippen molar-refractivity contribution in [1.82, 2.24) is 0 Å². The first kappa shape index (κ1) is 21.8. The second-order valence-corrected chi connectivity index (χ2v) is 8.31. The molecule has 30 heavy (non-hydrogen) atoms. The predicted octanol–water partition coefficient (Wildman–Crippen LogP) is 5.58. The average molecular weight is 467 g/mol. The van der Waals surface area contributed by atoms with E-state index in [4.69, 9.17) is 9.47 Å². The van der Waals surface area contributed by atoms with Crippen molar-refractivity contribution in [2.45, 2.75) is 19.3 Å². The Morgan fingerprint density at radius 3 is 2.03 bits per heavy atom. The van der Waals surface area contributed by atoms with E-state index in [-0.39, 0.29) is 24.4 Å². The number of hydrogen-bond acceptors (Lipinski definition) is 4. The van der Waals surface area contributed by atoms with Crippen molar-refractivity contribution in [3.05, 3.63) is 100 Å². The highest BCUT2D eigenvalue weighted by Crippen LogP contribution is 2.32. The van der Waals surface area contributed by atoms with Gasteiger partial charge in [0.05, 0.1) is 0 Å². The number of carbonyl (C=O) groups excluding carboxylic acids is 2. The first-order valence-electron chi connectivity index (χ1n) is 9.59. The van der Waals surface area contributed by atoms with E-state index in [0.29, 0.717) is 11.3 Å². The molecule has 0 spiro atoms. The summed E-state index contributed by atoms with van der Waals surface area (Å²) in [6.45, 7) is 3.76. The zero-order valence-electron chi connectivity index (χ0n) is 16.9. The van der Waals surface area contributed by atoms with Gasteiger partial charge in [0, 0.05) is 15.5 Å². The maximum Gasteiger partial charge on any atom is 0.344 e. The molecule has 0 saturated carbocycles. The number of esters is 1. The molecule has 0 unspecified atom stereocenters. The monoisotopic (exact) mass is 466 g/mol. The van der Waals surface area contributed by atoms with Crippen LogP contribution in [-0.2, 0) is 14.9 Å². The highest BCUT2D eigenvalue weighted by Gasteiger charge is 2.22. The van der Waals surface area contributed by atoms with E-state index in [9.17, 15) is 9.59 Å². The van der Waals surface area contributed by atoms with E-state index in [0.717, 1.165) is 10.0 Å². The molecule has 154 valence electrons. The van der Waals surface area contributed by atoms with Gasteiger partial charge < -0.3 is 9.47 Å². The number of ketones is 1. The van der Waals surface area contributed by atoms with Crippen LogP contribution >= 0.6 is 15.9 Å². The van der Waals surface area contributed by atoms with Gasteiger partial charge in [0.25, 0.3) is 0 Å². The van der Waals surface area contributed by atoms with Crippen LogP contribution < -0.4 is 4.74 Å².